The molecule has 0 unspecified atom stereocenters. The third-order valence-electron chi connectivity index (χ3n) is 3.60. The number of nitrogens with two attached hydrogens (primary N) is 1. The maximum atomic E-state index is 2.50. The second kappa shape index (κ2) is 4.58. The predicted octanol–water partition coefficient (Wildman–Crippen LogP) is 2.25. The standard InChI is InChI=1S/C15H23N/c1-15(2,3)13-8-6-12(7-9-13)11-14-5-4-10-16-14/h6-9,14,16H,4-5,10-11H2,1-3H3/p+1/t14-/m1/s1. The van der Waals surface area contributed by atoms with Gasteiger partial charge in [0, 0.05) is 19.3 Å². The summed E-state index contributed by atoms with van der Waals surface area (Å²) < 4.78 is 0. The van der Waals surface area contributed by atoms with Gasteiger partial charge in [-0.2, -0.15) is 0 Å². The van der Waals surface area contributed by atoms with E-state index >= 15 is 0 Å². The van der Waals surface area contributed by atoms with Crippen LogP contribution in [0.1, 0.15) is 44.7 Å². The van der Waals surface area contributed by atoms with Crippen LogP contribution in [-0.2, 0) is 11.8 Å². The summed E-state index contributed by atoms with van der Waals surface area (Å²) in [5, 5.41) is 2.50. The van der Waals surface area contributed by atoms with Crippen LogP contribution in [0.3, 0.4) is 0 Å². The third-order valence-corrected chi connectivity index (χ3v) is 3.60. The fourth-order valence-corrected chi connectivity index (χ4v) is 2.48. The number of benzene rings is 1. The Bertz CT molecular complexity index is 325. The topological polar surface area (TPSA) is 16.6 Å². The molecule has 2 N–H and O–H groups in total. The van der Waals surface area contributed by atoms with Crippen LogP contribution in [0.25, 0.3) is 0 Å². The predicted molar refractivity (Wildman–Crippen MR) is 68.7 cm³/mol. The van der Waals surface area contributed by atoms with Crippen molar-refractivity contribution in [3.8, 4) is 0 Å². The number of hydrogen-bond acceptors (Lipinski definition) is 0. The first-order chi connectivity index (χ1) is 7.55. The first-order valence-corrected chi connectivity index (χ1v) is 6.48. The van der Waals surface area contributed by atoms with Gasteiger partial charge in [-0.15, -0.1) is 0 Å². The molecule has 1 aliphatic heterocycles. The third kappa shape index (κ3) is 2.85. The molecule has 0 saturated carbocycles. The molecule has 1 fully saturated rings. The second-order valence-electron chi connectivity index (χ2n) is 6.08. The van der Waals surface area contributed by atoms with Gasteiger partial charge >= 0.3 is 0 Å². The van der Waals surface area contributed by atoms with Crippen molar-refractivity contribution in [1.29, 1.82) is 0 Å². The molecule has 0 radical (unpaired) electrons. The van der Waals surface area contributed by atoms with Gasteiger partial charge in [-0.25, -0.2) is 0 Å². The fourth-order valence-electron chi connectivity index (χ4n) is 2.48. The highest BCUT2D eigenvalue weighted by Crippen LogP contribution is 2.22. The molecular formula is C15H24N+. The van der Waals surface area contributed by atoms with E-state index in [1.165, 1.54) is 36.9 Å². The minimum Gasteiger partial charge on any atom is -0.344 e. The van der Waals surface area contributed by atoms with Crippen LogP contribution in [-0.4, -0.2) is 12.6 Å². The van der Waals surface area contributed by atoms with Gasteiger partial charge in [0.15, 0.2) is 0 Å². The molecule has 1 aromatic rings. The van der Waals surface area contributed by atoms with Crippen LogP contribution in [0.4, 0.5) is 0 Å². The minimum atomic E-state index is 0.276. The highest BCUT2D eigenvalue weighted by molar-refractivity contribution is 5.27. The fraction of sp³-hybridized carbons (Fsp3) is 0.600. The van der Waals surface area contributed by atoms with Crippen LogP contribution < -0.4 is 5.32 Å². The van der Waals surface area contributed by atoms with Crippen LogP contribution in [0.5, 0.6) is 0 Å². The van der Waals surface area contributed by atoms with E-state index in [1.54, 1.807) is 0 Å². The lowest BCUT2D eigenvalue weighted by Gasteiger charge is -2.19. The summed E-state index contributed by atoms with van der Waals surface area (Å²) in [6.45, 7) is 8.14. The molecular weight excluding hydrogens is 194 g/mol. The molecule has 0 aliphatic carbocycles. The quantitative estimate of drug-likeness (QED) is 0.784. The summed E-state index contributed by atoms with van der Waals surface area (Å²) in [5.74, 6) is 0. The van der Waals surface area contributed by atoms with Crippen molar-refractivity contribution < 1.29 is 5.32 Å². The van der Waals surface area contributed by atoms with Crippen molar-refractivity contribution >= 4 is 0 Å². The number of quaternary nitrogens is 1. The molecule has 0 amide bonds. The second-order valence-corrected chi connectivity index (χ2v) is 6.08. The number of hydrogen-bond donors (Lipinski definition) is 1. The Labute approximate surface area is 99.3 Å². The molecule has 1 heteroatoms. The first-order valence-electron chi connectivity index (χ1n) is 6.48. The Morgan fingerprint density at radius 2 is 1.88 bits per heavy atom. The van der Waals surface area contributed by atoms with E-state index < -0.39 is 0 Å². The van der Waals surface area contributed by atoms with E-state index in [-0.39, 0.29) is 5.41 Å². The van der Waals surface area contributed by atoms with Gasteiger partial charge in [-0.3, -0.25) is 0 Å². The highest BCUT2D eigenvalue weighted by Gasteiger charge is 2.19. The zero-order chi connectivity index (χ0) is 11.6. The molecule has 0 bridgehead atoms. The maximum Gasteiger partial charge on any atom is 0.0902 e. The van der Waals surface area contributed by atoms with Crippen LogP contribution in [0, 0.1) is 0 Å². The van der Waals surface area contributed by atoms with E-state index in [2.05, 4.69) is 50.4 Å². The number of rotatable bonds is 2. The molecule has 16 heavy (non-hydrogen) atoms. The molecule has 0 spiro atoms. The minimum absolute atomic E-state index is 0.276. The normalized spacial score (nSPS) is 21.3. The Hall–Kier alpha value is -0.820. The molecule has 1 nitrogen and oxygen atoms in total. The average molecular weight is 218 g/mol. The highest BCUT2D eigenvalue weighted by atomic mass is 14.9. The molecule has 1 aliphatic rings. The lowest BCUT2D eigenvalue weighted by atomic mass is 9.86. The SMILES string of the molecule is CC(C)(C)c1ccc(C[C@H]2CCC[NH2+]2)cc1. The Morgan fingerprint density at radius 1 is 1.19 bits per heavy atom. The van der Waals surface area contributed by atoms with E-state index in [4.69, 9.17) is 0 Å². The Balaban J connectivity index is 2.01. The maximum absolute atomic E-state index is 2.50. The van der Waals surface area contributed by atoms with Crippen molar-refractivity contribution in [3.63, 3.8) is 0 Å². The van der Waals surface area contributed by atoms with Crippen LogP contribution >= 0.6 is 0 Å². The van der Waals surface area contributed by atoms with Gasteiger partial charge in [-0.05, 0) is 16.5 Å². The Kier molecular flexibility index (Phi) is 3.34. The molecule has 1 aromatic carbocycles. The molecule has 1 heterocycles. The first kappa shape index (κ1) is 11.7. The summed E-state index contributed by atoms with van der Waals surface area (Å²) in [4.78, 5) is 0. The van der Waals surface area contributed by atoms with E-state index in [0.717, 1.165) is 6.04 Å². The van der Waals surface area contributed by atoms with E-state index in [9.17, 15) is 0 Å². The van der Waals surface area contributed by atoms with Gasteiger partial charge in [-0.1, -0.05) is 45.0 Å². The van der Waals surface area contributed by atoms with Crippen LogP contribution in [0.15, 0.2) is 24.3 Å². The van der Waals surface area contributed by atoms with E-state index in [0.29, 0.717) is 0 Å². The van der Waals surface area contributed by atoms with Gasteiger partial charge < -0.3 is 5.32 Å². The summed E-state index contributed by atoms with van der Waals surface area (Å²) >= 11 is 0. The van der Waals surface area contributed by atoms with Crippen molar-refractivity contribution in [2.75, 3.05) is 6.54 Å². The molecule has 1 saturated heterocycles. The smallest absolute Gasteiger partial charge is 0.0902 e. The van der Waals surface area contributed by atoms with Crippen molar-refractivity contribution in [1.82, 2.24) is 0 Å². The zero-order valence-electron chi connectivity index (χ0n) is 10.8. The average Bonchev–Trinajstić information content (AvgIpc) is 2.70. The van der Waals surface area contributed by atoms with Gasteiger partial charge in [0.1, 0.15) is 0 Å². The van der Waals surface area contributed by atoms with Crippen molar-refractivity contribution in [2.24, 2.45) is 0 Å². The van der Waals surface area contributed by atoms with Gasteiger partial charge in [0.05, 0.1) is 12.6 Å². The van der Waals surface area contributed by atoms with Gasteiger partial charge in [0.25, 0.3) is 0 Å². The van der Waals surface area contributed by atoms with Crippen molar-refractivity contribution in [2.45, 2.75) is 51.5 Å². The summed E-state index contributed by atoms with van der Waals surface area (Å²) in [7, 11) is 0. The largest absolute Gasteiger partial charge is 0.344 e. The molecule has 2 rings (SSSR count). The Morgan fingerprint density at radius 3 is 2.38 bits per heavy atom. The summed E-state index contributed by atoms with van der Waals surface area (Å²) in [6.07, 6.45) is 4.02. The monoisotopic (exact) mass is 218 g/mol. The molecule has 1 atom stereocenters. The summed E-state index contributed by atoms with van der Waals surface area (Å²) in [5.41, 5.74) is 3.21. The molecule has 88 valence electrons. The lowest BCUT2D eigenvalue weighted by Crippen LogP contribution is -2.87. The van der Waals surface area contributed by atoms with Crippen LogP contribution in [0.2, 0.25) is 0 Å². The lowest BCUT2D eigenvalue weighted by molar-refractivity contribution is -0.669. The van der Waals surface area contributed by atoms with Crippen molar-refractivity contribution in [3.05, 3.63) is 35.4 Å². The van der Waals surface area contributed by atoms with Gasteiger partial charge in [0.2, 0.25) is 0 Å². The van der Waals surface area contributed by atoms with E-state index in [1.807, 2.05) is 0 Å². The zero-order valence-corrected chi connectivity index (χ0v) is 10.8. The summed E-state index contributed by atoms with van der Waals surface area (Å²) in [6, 6.07) is 10.1. The molecule has 0 aromatic heterocycles.